The third-order valence-electron chi connectivity index (χ3n) is 4.46. The van der Waals surface area contributed by atoms with Crippen LogP contribution in [0.3, 0.4) is 0 Å². The standard InChI is InChI=1S/C12H20N2O2S/c15-11-9-17(16)12(5-7-13-8-6-12)14(11)10-3-1-2-4-10/h10,13H,1-9H2. The highest BCUT2D eigenvalue weighted by Crippen LogP contribution is 2.40. The number of nitrogens with zero attached hydrogens (tertiary/aromatic N) is 1. The number of carbonyl (C=O) groups is 1. The van der Waals surface area contributed by atoms with Crippen molar-refractivity contribution < 1.29 is 9.00 Å². The third kappa shape index (κ3) is 1.74. The van der Waals surface area contributed by atoms with Crippen LogP contribution in [0.4, 0.5) is 0 Å². The first-order valence-electron chi connectivity index (χ1n) is 6.65. The van der Waals surface area contributed by atoms with Crippen LogP contribution in [0, 0.1) is 0 Å². The number of nitrogens with one attached hydrogen (secondary N) is 1. The highest BCUT2D eigenvalue weighted by molar-refractivity contribution is 7.87. The molecule has 2 heterocycles. The van der Waals surface area contributed by atoms with E-state index in [0.717, 1.165) is 38.8 Å². The molecule has 0 radical (unpaired) electrons. The fraction of sp³-hybridized carbons (Fsp3) is 0.917. The molecule has 17 heavy (non-hydrogen) atoms. The molecule has 3 rings (SSSR count). The average molecular weight is 256 g/mol. The van der Waals surface area contributed by atoms with E-state index in [9.17, 15) is 9.00 Å². The van der Waals surface area contributed by atoms with Crippen molar-refractivity contribution in [1.82, 2.24) is 10.2 Å². The molecule has 0 aromatic rings. The Hall–Kier alpha value is -0.420. The van der Waals surface area contributed by atoms with Crippen molar-refractivity contribution in [2.75, 3.05) is 18.8 Å². The minimum atomic E-state index is -0.988. The van der Waals surface area contributed by atoms with Crippen LogP contribution in [0.2, 0.25) is 0 Å². The van der Waals surface area contributed by atoms with Crippen LogP contribution in [0.1, 0.15) is 38.5 Å². The highest BCUT2D eigenvalue weighted by atomic mass is 32.2. The van der Waals surface area contributed by atoms with Gasteiger partial charge in [0.25, 0.3) is 0 Å². The van der Waals surface area contributed by atoms with Crippen LogP contribution in [0.5, 0.6) is 0 Å². The van der Waals surface area contributed by atoms with Gasteiger partial charge in [-0.2, -0.15) is 0 Å². The molecule has 0 aromatic heterocycles. The average Bonchev–Trinajstić information content (AvgIpc) is 2.90. The van der Waals surface area contributed by atoms with Crippen molar-refractivity contribution in [3.8, 4) is 0 Å². The molecule has 1 aliphatic carbocycles. The summed E-state index contributed by atoms with van der Waals surface area (Å²) in [5, 5.41) is 3.31. The lowest BCUT2D eigenvalue weighted by molar-refractivity contribution is -0.133. The molecular weight excluding hydrogens is 236 g/mol. The Kier molecular flexibility index (Phi) is 2.99. The zero-order valence-electron chi connectivity index (χ0n) is 10.1. The molecule has 1 spiro atoms. The quantitative estimate of drug-likeness (QED) is 0.747. The van der Waals surface area contributed by atoms with Gasteiger partial charge in [0.2, 0.25) is 5.91 Å². The normalized spacial score (nSPS) is 33.8. The van der Waals surface area contributed by atoms with Crippen molar-refractivity contribution in [2.24, 2.45) is 0 Å². The summed E-state index contributed by atoms with van der Waals surface area (Å²) in [4.78, 5) is 13.9. The first kappa shape index (κ1) is 11.7. The molecule has 4 nitrogen and oxygen atoms in total. The second-order valence-corrected chi connectivity index (χ2v) is 7.13. The summed E-state index contributed by atoms with van der Waals surface area (Å²) in [6, 6.07) is 0.368. The van der Waals surface area contributed by atoms with E-state index in [2.05, 4.69) is 5.32 Å². The summed E-state index contributed by atoms with van der Waals surface area (Å²) >= 11 is 0. The van der Waals surface area contributed by atoms with Gasteiger partial charge in [-0.05, 0) is 38.8 Å². The maximum atomic E-state index is 12.3. The van der Waals surface area contributed by atoms with Gasteiger partial charge in [0.05, 0.1) is 10.8 Å². The molecule has 2 saturated heterocycles. The molecule has 1 N–H and O–H groups in total. The van der Waals surface area contributed by atoms with Crippen LogP contribution >= 0.6 is 0 Å². The van der Waals surface area contributed by atoms with Crippen LogP contribution < -0.4 is 5.32 Å². The molecule has 2 aliphatic heterocycles. The first-order chi connectivity index (χ1) is 8.24. The Bertz CT molecular complexity index is 346. The summed E-state index contributed by atoms with van der Waals surface area (Å²) in [5.74, 6) is 0.397. The van der Waals surface area contributed by atoms with E-state index >= 15 is 0 Å². The monoisotopic (exact) mass is 256 g/mol. The maximum Gasteiger partial charge on any atom is 0.236 e. The van der Waals surface area contributed by atoms with Crippen molar-refractivity contribution in [2.45, 2.75) is 49.4 Å². The molecule has 1 saturated carbocycles. The smallest absolute Gasteiger partial charge is 0.236 e. The molecule has 3 fully saturated rings. The topological polar surface area (TPSA) is 49.4 Å². The van der Waals surface area contributed by atoms with Gasteiger partial charge >= 0.3 is 0 Å². The van der Waals surface area contributed by atoms with Crippen LogP contribution in [0.15, 0.2) is 0 Å². The minimum Gasteiger partial charge on any atom is -0.322 e. The van der Waals surface area contributed by atoms with E-state index < -0.39 is 10.8 Å². The molecule has 1 amide bonds. The predicted octanol–water partition coefficient (Wildman–Crippen LogP) is 0.600. The van der Waals surface area contributed by atoms with Crippen molar-refractivity contribution in [3.05, 3.63) is 0 Å². The summed E-state index contributed by atoms with van der Waals surface area (Å²) in [6.07, 6.45) is 6.38. The van der Waals surface area contributed by atoms with Gasteiger partial charge < -0.3 is 10.2 Å². The van der Waals surface area contributed by atoms with E-state index in [1.54, 1.807) is 0 Å². The minimum absolute atomic E-state index is 0.136. The molecule has 5 heteroatoms. The van der Waals surface area contributed by atoms with E-state index in [4.69, 9.17) is 0 Å². The number of piperidine rings is 1. The summed E-state index contributed by atoms with van der Waals surface area (Å²) in [5.41, 5.74) is 0. The van der Waals surface area contributed by atoms with Gasteiger partial charge in [0.15, 0.2) is 0 Å². The molecule has 3 aliphatic rings. The molecule has 1 atom stereocenters. The molecule has 1 unspecified atom stereocenters. The molecular formula is C12H20N2O2S. The van der Waals surface area contributed by atoms with Gasteiger partial charge in [-0.3, -0.25) is 9.00 Å². The first-order valence-corrected chi connectivity index (χ1v) is 7.97. The fourth-order valence-electron chi connectivity index (χ4n) is 3.64. The van der Waals surface area contributed by atoms with E-state index in [0.29, 0.717) is 6.04 Å². The molecule has 0 aromatic carbocycles. The van der Waals surface area contributed by atoms with Crippen LogP contribution in [-0.4, -0.2) is 44.8 Å². The van der Waals surface area contributed by atoms with Crippen molar-refractivity contribution in [3.63, 3.8) is 0 Å². The molecule has 96 valence electrons. The zero-order chi connectivity index (χ0) is 11.9. The Morgan fingerprint density at radius 1 is 1.24 bits per heavy atom. The van der Waals surface area contributed by atoms with Gasteiger partial charge in [-0.25, -0.2) is 0 Å². The van der Waals surface area contributed by atoms with Gasteiger partial charge in [-0.1, -0.05) is 12.8 Å². The van der Waals surface area contributed by atoms with Crippen molar-refractivity contribution in [1.29, 1.82) is 0 Å². The summed E-state index contributed by atoms with van der Waals surface area (Å²) in [7, 11) is -0.988. The Morgan fingerprint density at radius 3 is 2.53 bits per heavy atom. The van der Waals surface area contributed by atoms with Crippen LogP contribution in [0.25, 0.3) is 0 Å². The summed E-state index contributed by atoms with van der Waals surface area (Å²) in [6.45, 7) is 1.78. The summed E-state index contributed by atoms with van der Waals surface area (Å²) < 4.78 is 12.3. The Labute approximate surface area is 105 Å². The lowest BCUT2D eigenvalue weighted by Crippen LogP contribution is -2.56. The number of rotatable bonds is 1. The SMILES string of the molecule is O=C1CS(=O)C2(CCNCC2)N1C1CCCC1. The lowest BCUT2D eigenvalue weighted by Gasteiger charge is -2.43. The Balaban J connectivity index is 1.91. The van der Waals surface area contributed by atoms with E-state index in [1.807, 2.05) is 4.90 Å². The largest absolute Gasteiger partial charge is 0.322 e. The Morgan fingerprint density at radius 2 is 1.88 bits per heavy atom. The lowest BCUT2D eigenvalue weighted by atomic mass is 10.0. The highest BCUT2D eigenvalue weighted by Gasteiger charge is 2.54. The number of amides is 1. The number of hydrogen-bond acceptors (Lipinski definition) is 3. The van der Waals surface area contributed by atoms with E-state index in [-0.39, 0.29) is 16.5 Å². The van der Waals surface area contributed by atoms with Gasteiger partial charge in [0.1, 0.15) is 10.6 Å². The van der Waals surface area contributed by atoms with Gasteiger partial charge in [0, 0.05) is 6.04 Å². The second-order valence-electron chi connectivity index (χ2n) is 5.39. The number of carbonyl (C=O) groups excluding carboxylic acids is 1. The maximum absolute atomic E-state index is 12.3. The van der Waals surface area contributed by atoms with Gasteiger partial charge in [-0.15, -0.1) is 0 Å². The number of hydrogen-bond donors (Lipinski definition) is 1. The third-order valence-corrected chi connectivity index (χ3v) is 6.42. The zero-order valence-corrected chi connectivity index (χ0v) is 10.9. The van der Waals surface area contributed by atoms with E-state index in [1.165, 1.54) is 12.8 Å². The van der Waals surface area contributed by atoms with Crippen molar-refractivity contribution >= 4 is 16.7 Å². The fourth-order valence-corrected chi connectivity index (χ4v) is 5.40. The predicted molar refractivity (Wildman–Crippen MR) is 66.9 cm³/mol. The second kappa shape index (κ2) is 4.35. The molecule has 0 bridgehead atoms. The van der Waals surface area contributed by atoms with Crippen LogP contribution in [-0.2, 0) is 15.6 Å².